The van der Waals surface area contributed by atoms with Crippen molar-refractivity contribution in [2.75, 3.05) is 24.4 Å². The van der Waals surface area contributed by atoms with Gasteiger partial charge in [0.1, 0.15) is 0 Å². The number of aliphatic hydroxyl groups is 1. The molecule has 4 aromatic rings. The van der Waals surface area contributed by atoms with Crippen LogP contribution in [-0.4, -0.2) is 44.0 Å². The maximum absolute atomic E-state index is 13.0. The summed E-state index contributed by atoms with van der Waals surface area (Å²) in [5.41, 5.74) is 4.54. The second-order valence-electron chi connectivity index (χ2n) is 10.5. The van der Waals surface area contributed by atoms with Crippen LogP contribution in [0.3, 0.4) is 0 Å². The minimum atomic E-state index is -3.72. The van der Waals surface area contributed by atoms with Gasteiger partial charge in [-0.3, -0.25) is 9.52 Å². The first-order chi connectivity index (χ1) is 20.8. The second kappa shape index (κ2) is 16.3. The molecule has 0 spiro atoms. The predicted octanol–water partition coefficient (Wildman–Crippen LogP) is 5.25. The molecule has 3 aromatic carbocycles. The van der Waals surface area contributed by atoms with Gasteiger partial charge in [-0.2, -0.15) is 0 Å². The highest BCUT2D eigenvalue weighted by Crippen LogP contribution is 2.21. The van der Waals surface area contributed by atoms with E-state index in [2.05, 4.69) is 20.7 Å². The van der Waals surface area contributed by atoms with Crippen LogP contribution >= 0.6 is 11.3 Å². The number of sulfonamides is 1. The number of benzene rings is 3. The van der Waals surface area contributed by atoms with Crippen molar-refractivity contribution < 1.29 is 18.3 Å². The minimum Gasteiger partial charge on any atom is -0.387 e. The van der Waals surface area contributed by atoms with Gasteiger partial charge in [0, 0.05) is 37.5 Å². The van der Waals surface area contributed by atoms with Crippen molar-refractivity contribution >= 4 is 33.0 Å². The van der Waals surface area contributed by atoms with Gasteiger partial charge in [-0.1, -0.05) is 61.0 Å². The monoisotopic (exact) mass is 620 g/mol. The number of carbonyl (C=O) groups excluding carboxylic acids is 1. The van der Waals surface area contributed by atoms with E-state index >= 15 is 0 Å². The van der Waals surface area contributed by atoms with Crippen LogP contribution in [0.5, 0.6) is 0 Å². The molecule has 0 aliphatic rings. The van der Waals surface area contributed by atoms with E-state index in [0.717, 1.165) is 59.5 Å². The summed E-state index contributed by atoms with van der Waals surface area (Å²) in [7, 11) is -3.72. The fourth-order valence-corrected chi connectivity index (χ4v) is 6.52. The number of aryl methyl sites for hydroxylation is 1. The molecule has 0 bridgehead atoms. The predicted molar refractivity (Wildman–Crippen MR) is 173 cm³/mol. The third kappa shape index (κ3) is 10.9. The third-order valence-corrected chi connectivity index (χ3v) is 9.29. The number of thiazole rings is 1. The van der Waals surface area contributed by atoms with Crippen molar-refractivity contribution in [1.82, 2.24) is 15.6 Å². The summed E-state index contributed by atoms with van der Waals surface area (Å²) in [5.74, 6) is 0.00873. The Bertz CT molecular complexity index is 1520. The van der Waals surface area contributed by atoms with Gasteiger partial charge in [-0.15, -0.1) is 11.3 Å². The molecule has 228 valence electrons. The molecule has 4 rings (SSSR count). The van der Waals surface area contributed by atoms with E-state index < -0.39 is 16.1 Å². The Morgan fingerprint density at radius 2 is 1.60 bits per heavy atom. The minimum absolute atomic E-state index is 0.00873. The zero-order chi connectivity index (χ0) is 30.5. The number of aromatic nitrogens is 1. The molecule has 1 aromatic heterocycles. The summed E-state index contributed by atoms with van der Waals surface area (Å²) >= 11 is 1.62. The second-order valence-corrected chi connectivity index (χ2v) is 13.2. The Labute approximate surface area is 258 Å². The number of anilines is 1. The van der Waals surface area contributed by atoms with Crippen molar-refractivity contribution in [2.45, 2.75) is 56.4 Å². The smallest absolute Gasteiger partial charge is 0.261 e. The van der Waals surface area contributed by atoms with Gasteiger partial charge in [0.05, 0.1) is 21.7 Å². The first kappa shape index (κ1) is 32.3. The highest BCUT2D eigenvalue weighted by atomic mass is 32.2. The van der Waals surface area contributed by atoms with Crippen molar-refractivity contribution in [1.29, 1.82) is 0 Å². The molecule has 43 heavy (non-hydrogen) atoms. The van der Waals surface area contributed by atoms with Crippen molar-refractivity contribution in [3.63, 3.8) is 0 Å². The normalized spacial score (nSPS) is 12.1. The van der Waals surface area contributed by atoms with Crippen LogP contribution in [0.25, 0.3) is 0 Å². The van der Waals surface area contributed by atoms with Gasteiger partial charge in [0.15, 0.2) is 0 Å². The molecule has 10 heteroatoms. The Morgan fingerprint density at radius 1 is 0.884 bits per heavy atom. The third-order valence-electron chi connectivity index (χ3n) is 6.99. The Kier molecular flexibility index (Phi) is 12.3. The number of nitrogens with zero attached hydrogens (tertiary/aromatic N) is 1. The van der Waals surface area contributed by atoms with Crippen LogP contribution in [0.4, 0.5) is 5.69 Å². The van der Waals surface area contributed by atoms with Crippen LogP contribution in [0, 0.1) is 0 Å². The number of rotatable bonds is 17. The lowest BCUT2D eigenvalue weighted by atomic mass is 10.1. The number of carbonyl (C=O) groups is 1. The van der Waals surface area contributed by atoms with Crippen LogP contribution < -0.4 is 15.4 Å². The fourth-order valence-electron chi connectivity index (χ4n) is 4.60. The lowest BCUT2D eigenvalue weighted by Gasteiger charge is -2.12. The van der Waals surface area contributed by atoms with Gasteiger partial charge in [-0.05, 0) is 73.2 Å². The molecule has 0 unspecified atom stereocenters. The molecule has 0 fully saturated rings. The number of unbranched alkanes of at least 4 members (excludes halogenated alkanes) is 2. The number of hydrogen-bond donors (Lipinski definition) is 4. The molecule has 0 aliphatic heterocycles. The summed E-state index contributed by atoms with van der Waals surface area (Å²) in [6.07, 6.45) is 4.81. The molecule has 0 radical (unpaired) electrons. The SMILES string of the molecule is CC(=O)NCCCCCc1csc(Cc2ccc(S(=O)(=O)Nc3ccc(CCNC[C@H](O)c4ccccc4)cc3)cc2)n1. The van der Waals surface area contributed by atoms with Crippen LogP contribution in [-0.2, 0) is 34.1 Å². The molecule has 8 nitrogen and oxygen atoms in total. The molecule has 0 saturated carbocycles. The van der Waals surface area contributed by atoms with Crippen molar-refractivity contribution in [2.24, 2.45) is 0 Å². The molecule has 4 N–H and O–H groups in total. The quantitative estimate of drug-likeness (QED) is 0.120. The lowest BCUT2D eigenvalue weighted by molar-refractivity contribution is -0.118. The Hall–Kier alpha value is -3.57. The molecule has 0 saturated heterocycles. The fraction of sp³-hybridized carbons (Fsp3) is 0.333. The number of nitrogens with one attached hydrogen (secondary N) is 3. The topological polar surface area (TPSA) is 120 Å². The van der Waals surface area contributed by atoms with E-state index in [1.54, 1.807) is 35.6 Å². The highest BCUT2D eigenvalue weighted by molar-refractivity contribution is 7.92. The zero-order valence-corrected chi connectivity index (χ0v) is 26.1. The van der Waals surface area contributed by atoms with E-state index in [0.29, 0.717) is 31.7 Å². The van der Waals surface area contributed by atoms with Gasteiger partial charge in [0.2, 0.25) is 5.91 Å². The number of aliphatic hydroxyl groups excluding tert-OH is 1. The zero-order valence-electron chi connectivity index (χ0n) is 24.5. The summed E-state index contributed by atoms with van der Waals surface area (Å²) in [6, 6.07) is 23.8. The van der Waals surface area contributed by atoms with Gasteiger partial charge in [0.25, 0.3) is 10.0 Å². The Morgan fingerprint density at radius 3 is 2.33 bits per heavy atom. The molecular weight excluding hydrogens is 581 g/mol. The average molecular weight is 621 g/mol. The van der Waals surface area contributed by atoms with Gasteiger partial charge in [-0.25, -0.2) is 13.4 Å². The van der Waals surface area contributed by atoms with Crippen LogP contribution in [0.15, 0.2) is 89.1 Å². The summed E-state index contributed by atoms with van der Waals surface area (Å²) in [5, 5.41) is 19.4. The van der Waals surface area contributed by atoms with Crippen molar-refractivity contribution in [3.05, 3.63) is 112 Å². The van der Waals surface area contributed by atoms with Crippen molar-refractivity contribution in [3.8, 4) is 0 Å². The first-order valence-electron chi connectivity index (χ1n) is 14.6. The average Bonchev–Trinajstić information content (AvgIpc) is 3.45. The van der Waals surface area contributed by atoms with E-state index in [1.807, 2.05) is 54.6 Å². The summed E-state index contributed by atoms with van der Waals surface area (Å²) < 4.78 is 28.6. The van der Waals surface area contributed by atoms with Crippen LogP contribution in [0.1, 0.15) is 59.7 Å². The van der Waals surface area contributed by atoms with Gasteiger partial charge < -0.3 is 15.7 Å². The summed E-state index contributed by atoms with van der Waals surface area (Å²) in [6.45, 7) is 3.41. The van der Waals surface area contributed by atoms with E-state index in [4.69, 9.17) is 4.98 Å². The molecular formula is C33H40N4O4S2. The maximum Gasteiger partial charge on any atom is 0.261 e. The Balaban J connectivity index is 1.19. The lowest BCUT2D eigenvalue weighted by Crippen LogP contribution is -2.23. The van der Waals surface area contributed by atoms with E-state index in [1.165, 1.54) is 6.92 Å². The number of hydrogen-bond acceptors (Lipinski definition) is 7. The van der Waals surface area contributed by atoms with E-state index in [9.17, 15) is 18.3 Å². The van der Waals surface area contributed by atoms with Crippen LogP contribution in [0.2, 0.25) is 0 Å². The molecule has 1 heterocycles. The van der Waals surface area contributed by atoms with Gasteiger partial charge >= 0.3 is 0 Å². The molecule has 0 aliphatic carbocycles. The molecule has 1 amide bonds. The standard InChI is InChI=1S/C33H40N4O4S2/c1-25(38)35-20-7-3-6-10-30-24-42-33(36-30)22-27-13-17-31(18-14-27)43(40,41)37-29-15-11-26(12-16-29)19-21-34-23-32(39)28-8-4-2-5-9-28/h2,4-5,8-9,11-18,24,32,34,37,39H,3,6-7,10,19-23H2,1H3,(H,35,38)/t32-/m0/s1. The first-order valence-corrected chi connectivity index (χ1v) is 17.0. The highest BCUT2D eigenvalue weighted by Gasteiger charge is 2.15. The summed E-state index contributed by atoms with van der Waals surface area (Å²) in [4.78, 5) is 15.9. The number of amides is 1. The van der Waals surface area contributed by atoms with E-state index in [-0.39, 0.29) is 10.8 Å². The maximum atomic E-state index is 13.0. The molecule has 1 atom stereocenters. The largest absolute Gasteiger partial charge is 0.387 e.